The van der Waals surface area contributed by atoms with Gasteiger partial charge in [0.25, 0.3) is 5.91 Å². The van der Waals surface area contributed by atoms with Gasteiger partial charge < -0.3 is 10.1 Å². The van der Waals surface area contributed by atoms with E-state index in [0.29, 0.717) is 27.7 Å². The first kappa shape index (κ1) is 26.0. The number of rotatable bonds is 4. The monoisotopic (exact) mass is 642 g/mol. The lowest BCUT2D eigenvalue weighted by Gasteiger charge is -2.26. The van der Waals surface area contributed by atoms with Crippen molar-refractivity contribution in [2.75, 3.05) is 11.5 Å². The summed E-state index contributed by atoms with van der Waals surface area (Å²) < 4.78 is 1.70. The van der Waals surface area contributed by atoms with Crippen LogP contribution in [0.25, 0.3) is 16.6 Å². The third-order valence-corrected chi connectivity index (χ3v) is 9.12. The van der Waals surface area contributed by atoms with Crippen molar-refractivity contribution < 1.29 is 9.90 Å². The van der Waals surface area contributed by atoms with Crippen LogP contribution in [0.3, 0.4) is 0 Å². The summed E-state index contributed by atoms with van der Waals surface area (Å²) in [5, 5.41) is 30.8. The maximum Gasteiger partial charge on any atom is 0.298 e. The average molecular weight is 644 g/mol. The van der Waals surface area contributed by atoms with Crippen molar-refractivity contribution in [3.8, 4) is 5.88 Å². The van der Waals surface area contributed by atoms with Crippen molar-refractivity contribution in [2.45, 2.75) is 27.7 Å². The van der Waals surface area contributed by atoms with Crippen molar-refractivity contribution >= 4 is 71.8 Å². The van der Waals surface area contributed by atoms with Crippen LogP contribution in [0.15, 0.2) is 82.2 Å². The number of nitrogens with one attached hydrogen (secondary N) is 1. The van der Waals surface area contributed by atoms with Crippen molar-refractivity contribution in [1.82, 2.24) is 4.98 Å². The van der Waals surface area contributed by atoms with Gasteiger partial charge in [-0.25, -0.2) is 4.99 Å². The van der Waals surface area contributed by atoms with Gasteiger partial charge in [0.1, 0.15) is 0 Å². The molecular weight excluding hydrogens is 620 g/mol. The van der Waals surface area contributed by atoms with Gasteiger partial charge in [-0.3, -0.25) is 4.79 Å². The van der Waals surface area contributed by atoms with E-state index in [1.54, 1.807) is 6.07 Å². The lowest BCUT2D eigenvalue weighted by atomic mass is 9.83. The van der Waals surface area contributed by atoms with Crippen LogP contribution >= 0.6 is 43.6 Å². The van der Waals surface area contributed by atoms with Crippen LogP contribution < -0.4 is 10.6 Å². The van der Waals surface area contributed by atoms with Gasteiger partial charge in [-0.2, -0.15) is 22.0 Å². The van der Waals surface area contributed by atoms with Gasteiger partial charge in [0.05, 0.1) is 22.3 Å². The van der Waals surface area contributed by atoms with E-state index in [1.807, 2.05) is 42.1 Å². The van der Waals surface area contributed by atoms with Gasteiger partial charge in [-0.15, -0.1) is 10.2 Å². The molecule has 0 bridgehead atoms. The molecule has 0 radical (unpaired) electrons. The third kappa shape index (κ3) is 4.96. The first-order valence-corrected chi connectivity index (χ1v) is 14.3. The van der Waals surface area contributed by atoms with E-state index in [2.05, 4.69) is 84.9 Å². The number of hydrogen-bond donors (Lipinski definition) is 2. The number of aromatic nitrogens is 1. The lowest BCUT2D eigenvalue weighted by molar-refractivity contribution is -0.112. The molecule has 3 heterocycles. The highest BCUT2D eigenvalue weighted by atomic mass is 79.9. The highest BCUT2D eigenvalue weighted by Crippen LogP contribution is 2.47. The number of H-pyrrole nitrogens is 1. The Morgan fingerprint density at radius 1 is 0.919 bits per heavy atom. The second-order valence-corrected chi connectivity index (χ2v) is 13.1. The summed E-state index contributed by atoms with van der Waals surface area (Å²) in [6.07, 6.45) is 0. The van der Waals surface area contributed by atoms with Gasteiger partial charge in [-0.05, 0) is 36.4 Å². The van der Waals surface area contributed by atoms with Crippen LogP contribution in [0.5, 0.6) is 5.88 Å². The second-order valence-electron chi connectivity index (χ2n) is 10.3. The number of benzene rings is 2. The SMILES string of the molecule is CC1(C)CSCC(C)(C)C(N=Nc2c(O)[nH]c3ccc(Br)cc23)=C1N=NC1=c2cc(Br)ccc2=NC1=O. The van der Waals surface area contributed by atoms with Crippen molar-refractivity contribution in [1.29, 1.82) is 0 Å². The molecule has 1 aromatic heterocycles. The molecule has 0 saturated carbocycles. The Kier molecular flexibility index (Phi) is 6.74. The Morgan fingerprint density at radius 3 is 2.24 bits per heavy atom. The predicted molar refractivity (Wildman–Crippen MR) is 152 cm³/mol. The standard InChI is InChI=1S/C26H24Br2N6O2S/c1-25(2)11-37-12-26(3,4)22(34-32-20-16-10-14(28)6-8-18(16)30-24(20)36)21(25)33-31-19-15-9-13(27)5-7-17(15)29-23(19)35/h5-10,29,35H,11-12H2,1-4H3. The number of amides is 1. The van der Waals surface area contributed by atoms with Crippen molar-refractivity contribution in [3.05, 3.63) is 67.3 Å². The Labute approximate surface area is 234 Å². The fourth-order valence-electron chi connectivity index (χ4n) is 4.31. The summed E-state index contributed by atoms with van der Waals surface area (Å²) in [5.41, 5.74) is 1.82. The number of carbonyl (C=O) groups excluding carboxylic acids is 1. The zero-order chi connectivity index (χ0) is 26.5. The Bertz CT molecular complexity index is 1670. The Hall–Kier alpha value is -2.63. The van der Waals surface area contributed by atoms with E-state index in [0.717, 1.165) is 31.4 Å². The minimum absolute atomic E-state index is 0.0587. The molecule has 11 heteroatoms. The lowest BCUT2D eigenvalue weighted by Crippen LogP contribution is -2.22. The molecule has 3 aromatic rings. The van der Waals surface area contributed by atoms with Crippen LogP contribution in [0, 0.1) is 10.8 Å². The molecule has 2 aromatic carbocycles. The summed E-state index contributed by atoms with van der Waals surface area (Å²) in [6.45, 7) is 8.35. The number of carbonyl (C=O) groups is 1. The van der Waals surface area contributed by atoms with Gasteiger partial charge in [-0.1, -0.05) is 59.6 Å². The van der Waals surface area contributed by atoms with E-state index >= 15 is 0 Å². The minimum atomic E-state index is -0.421. The molecule has 0 aliphatic carbocycles. The zero-order valence-corrected chi connectivity index (χ0v) is 24.6. The molecule has 2 aliphatic heterocycles. The highest BCUT2D eigenvalue weighted by Gasteiger charge is 2.38. The number of allylic oxidation sites excluding steroid dienone is 2. The smallest absolute Gasteiger partial charge is 0.298 e. The van der Waals surface area contributed by atoms with Crippen LogP contribution in [0.4, 0.5) is 5.69 Å². The van der Waals surface area contributed by atoms with Crippen LogP contribution in [0.2, 0.25) is 0 Å². The number of hydrogen-bond acceptors (Lipinski definition) is 7. The summed E-state index contributed by atoms with van der Waals surface area (Å²) in [4.78, 5) is 19.7. The highest BCUT2D eigenvalue weighted by molar-refractivity contribution is 9.10. The number of aromatic hydroxyl groups is 1. The van der Waals surface area contributed by atoms with E-state index in [-0.39, 0.29) is 11.6 Å². The quantitative estimate of drug-likeness (QED) is 0.301. The number of nitrogens with zero attached hydrogens (tertiary/aromatic N) is 5. The average Bonchev–Trinajstić information content (AvgIpc) is 3.26. The molecule has 37 heavy (non-hydrogen) atoms. The third-order valence-electron chi connectivity index (χ3n) is 6.28. The molecule has 5 rings (SSSR count). The number of aromatic amines is 1. The largest absolute Gasteiger partial charge is 0.493 e. The first-order valence-electron chi connectivity index (χ1n) is 11.6. The van der Waals surface area contributed by atoms with Crippen molar-refractivity contribution in [3.63, 3.8) is 0 Å². The van der Waals surface area contributed by atoms with E-state index < -0.39 is 16.7 Å². The number of halogens is 2. The molecule has 0 fully saturated rings. The number of fused-ring (bicyclic) bond motifs is 2. The van der Waals surface area contributed by atoms with Crippen LogP contribution in [-0.4, -0.2) is 27.5 Å². The summed E-state index contributed by atoms with van der Waals surface area (Å²) in [6, 6.07) is 11.1. The fraction of sp³-hybridized carbons (Fsp3) is 0.308. The van der Waals surface area contributed by atoms with Gasteiger partial charge in [0.2, 0.25) is 5.88 Å². The maximum absolute atomic E-state index is 12.7. The Morgan fingerprint density at radius 2 is 1.54 bits per heavy atom. The summed E-state index contributed by atoms with van der Waals surface area (Å²) >= 11 is 8.75. The number of thioether (sulfide) groups is 1. The molecule has 0 atom stereocenters. The fourth-order valence-corrected chi connectivity index (χ4v) is 6.43. The van der Waals surface area contributed by atoms with Crippen LogP contribution in [-0.2, 0) is 4.79 Å². The topological polar surface area (TPSA) is 115 Å². The molecule has 1 amide bonds. The van der Waals surface area contributed by atoms with Crippen molar-refractivity contribution in [2.24, 2.45) is 36.3 Å². The first-order chi connectivity index (χ1) is 17.5. The normalized spacial score (nSPS) is 19.2. The summed E-state index contributed by atoms with van der Waals surface area (Å²) in [5.74, 6) is 1.12. The molecule has 2 aliphatic rings. The number of azo groups is 2. The predicted octanol–water partition coefficient (Wildman–Crippen LogP) is 6.91. The van der Waals surface area contributed by atoms with Gasteiger partial charge in [0, 0.05) is 41.9 Å². The van der Waals surface area contributed by atoms with Crippen LogP contribution in [0.1, 0.15) is 27.7 Å². The molecular formula is C26H24Br2N6O2S. The van der Waals surface area contributed by atoms with Gasteiger partial charge >= 0.3 is 0 Å². The molecule has 8 nitrogen and oxygen atoms in total. The molecule has 190 valence electrons. The second kappa shape index (κ2) is 9.59. The van der Waals surface area contributed by atoms with E-state index in [9.17, 15) is 9.90 Å². The molecule has 0 saturated heterocycles. The zero-order valence-electron chi connectivity index (χ0n) is 20.6. The maximum atomic E-state index is 12.7. The van der Waals surface area contributed by atoms with E-state index in [1.165, 1.54) is 0 Å². The molecule has 2 N–H and O–H groups in total. The van der Waals surface area contributed by atoms with Gasteiger partial charge in [0.15, 0.2) is 11.4 Å². The van der Waals surface area contributed by atoms with E-state index in [4.69, 9.17) is 5.11 Å². The molecule has 0 spiro atoms. The Balaban J connectivity index is 1.68. The summed E-state index contributed by atoms with van der Waals surface area (Å²) in [7, 11) is 0. The molecule has 0 unspecified atom stereocenters. The minimum Gasteiger partial charge on any atom is -0.493 e.